The number of pyridine rings is 1. The smallest absolute Gasteiger partial charge is 0.338 e. The first kappa shape index (κ1) is 21.3. The molecule has 8 nitrogen and oxygen atoms in total. The van der Waals surface area contributed by atoms with Crippen LogP contribution in [0, 0.1) is 0 Å². The Hall–Kier alpha value is -2.94. The molecule has 0 unspecified atom stereocenters. The molecule has 1 saturated heterocycles. The fraction of sp³-hybridized carbons (Fsp3) is 0.238. The third kappa shape index (κ3) is 3.78. The second-order valence-corrected chi connectivity index (χ2v) is 7.64. The van der Waals surface area contributed by atoms with E-state index in [0.717, 1.165) is 0 Å². The number of nitrogens with zero attached hydrogens (tertiary/aromatic N) is 3. The molecule has 0 spiro atoms. The second kappa shape index (κ2) is 8.30. The van der Waals surface area contributed by atoms with Gasteiger partial charge in [-0.15, -0.1) is 0 Å². The summed E-state index contributed by atoms with van der Waals surface area (Å²) in [7, 11) is 1.29. The molecule has 0 radical (unpaired) electrons. The lowest BCUT2D eigenvalue weighted by atomic mass is 9.96. The van der Waals surface area contributed by atoms with Crippen LogP contribution >= 0.6 is 23.2 Å². The van der Waals surface area contributed by atoms with Gasteiger partial charge in [0.1, 0.15) is 11.3 Å². The van der Waals surface area contributed by atoms with Gasteiger partial charge < -0.3 is 14.2 Å². The zero-order valence-electron chi connectivity index (χ0n) is 16.5. The predicted molar refractivity (Wildman–Crippen MR) is 113 cm³/mol. The normalized spacial score (nSPS) is 20.8. The first-order valence-corrected chi connectivity index (χ1v) is 9.95. The third-order valence-corrected chi connectivity index (χ3v) is 5.41. The van der Waals surface area contributed by atoms with E-state index in [-0.39, 0.29) is 5.15 Å². The molecular weight excluding hydrogens is 445 g/mol. The molecule has 10 heteroatoms. The van der Waals surface area contributed by atoms with Crippen LogP contribution in [0.4, 0.5) is 0 Å². The van der Waals surface area contributed by atoms with Gasteiger partial charge >= 0.3 is 11.9 Å². The number of fused-ring (bicyclic) bond motifs is 1. The summed E-state index contributed by atoms with van der Waals surface area (Å²) in [5.74, 6) is -1.05. The minimum atomic E-state index is -0.911. The molecule has 1 aliphatic heterocycles. The number of halogens is 2. The predicted octanol–water partition coefficient (Wildman–Crippen LogP) is 4.28. The number of carbonyl (C=O) groups is 2. The summed E-state index contributed by atoms with van der Waals surface area (Å²) in [6.07, 6.45) is -1.05. The quantitative estimate of drug-likeness (QED) is 0.325. The van der Waals surface area contributed by atoms with Gasteiger partial charge in [0.25, 0.3) is 0 Å². The maximum Gasteiger partial charge on any atom is 0.338 e. The van der Waals surface area contributed by atoms with Gasteiger partial charge in [-0.05, 0) is 17.7 Å². The zero-order valence-corrected chi connectivity index (χ0v) is 18.1. The van der Waals surface area contributed by atoms with Crippen molar-refractivity contribution in [2.24, 2.45) is 0 Å². The number of methoxy groups -OCH3 is 1. The second-order valence-electron chi connectivity index (χ2n) is 6.84. The van der Waals surface area contributed by atoms with Crippen molar-refractivity contribution in [2.75, 3.05) is 7.11 Å². The van der Waals surface area contributed by atoms with Gasteiger partial charge in [-0.25, -0.2) is 14.5 Å². The molecule has 3 heterocycles. The van der Waals surface area contributed by atoms with E-state index in [2.05, 4.69) is 16.7 Å². The SMILES string of the molecule is C=C1[C@H](c2ccccc2C(=O)OC)O[C@@H](n2ncc3c(Cl)cc(Cl)nc32)[C@@H]1OC(C)=O. The average molecular weight is 462 g/mol. The lowest BCUT2D eigenvalue weighted by molar-refractivity contribution is -0.151. The molecular formula is C21H17Cl2N3O5. The Kier molecular flexibility index (Phi) is 5.70. The number of hydrogen-bond acceptors (Lipinski definition) is 7. The summed E-state index contributed by atoms with van der Waals surface area (Å²) < 4.78 is 18.1. The molecule has 3 aromatic rings. The maximum absolute atomic E-state index is 12.3. The van der Waals surface area contributed by atoms with Gasteiger partial charge in [0.05, 0.1) is 29.3 Å². The molecule has 0 saturated carbocycles. The standard InChI is InChI=1S/C21H17Cl2N3O5/c1-10-17(12-6-4-5-7-13(12)21(28)29-3)31-20(18(10)30-11(2)27)26-19-14(9-24-26)15(22)8-16(23)25-19/h4-9,17-18,20H,1H2,2-3H3/t17-,18-,20-/m1/s1. The molecule has 1 aromatic carbocycles. The molecule has 2 aromatic heterocycles. The van der Waals surface area contributed by atoms with Gasteiger partial charge in [-0.1, -0.05) is 48.0 Å². The number of ether oxygens (including phenoxy) is 3. The first-order chi connectivity index (χ1) is 14.8. The molecule has 0 N–H and O–H groups in total. The molecule has 1 aliphatic rings. The number of aromatic nitrogens is 3. The van der Waals surface area contributed by atoms with E-state index in [1.807, 2.05) is 0 Å². The lowest BCUT2D eigenvalue weighted by Gasteiger charge is -2.19. The fourth-order valence-electron chi connectivity index (χ4n) is 3.56. The maximum atomic E-state index is 12.3. The first-order valence-electron chi connectivity index (χ1n) is 9.19. The molecule has 4 rings (SSSR count). The van der Waals surface area contributed by atoms with E-state index in [4.69, 9.17) is 37.4 Å². The fourth-order valence-corrected chi connectivity index (χ4v) is 4.04. The van der Waals surface area contributed by atoms with Crippen LogP contribution in [0.15, 0.2) is 48.7 Å². The topological polar surface area (TPSA) is 92.5 Å². The Bertz CT molecular complexity index is 1210. The minimum absolute atomic E-state index is 0.174. The van der Waals surface area contributed by atoms with Crippen LogP contribution < -0.4 is 0 Å². The van der Waals surface area contributed by atoms with E-state index in [1.165, 1.54) is 31.0 Å². The van der Waals surface area contributed by atoms with Crippen LogP contribution in [0.5, 0.6) is 0 Å². The van der Waals surface area contributed by atoms with Crippen LogP contribution in [0.25, 0.3) is 11.0 Å². The molecule has 3 atom stereocenters. The van der Waals surface area contributed by atoms with Crippen LogP contribution in [0.3, 0.4) is 0 Å². The number of rotatable bonds is 4. The van der Waals surface area contributed by atoms with Crippen molar-refractivity contribution in [1.82, 2.24) is 14.8 Å². The minimum Gasteiger partial charge on any atom is -0.465 e. The van der Waals surface area contributed by atoms with E-state index in [1.54, 1.807) is 24.3 Å². The number of hydrogen-bond donors (Lipinski definition) is 0. The molecule has 31 heavy (non-hydrogen) atoms. The Balaban J connectivity index is 1.82. The van der Waals surface area contributed by atoms with Crippen molar-refractivity contribution in [1.29, 1.82) is 0 Å². The summed E-state index contributed by atoms with van der Waals surface area (Å²) >= 11 is 12.3. The van der Waals surface area contributed by atoms with E-state index >= 15 is 0 Å². The Morgan fingerprint density at radius 3 is 2.71 bits per heavy atom. The number of benzene rings is 1. The Morgan fingerprint density at radius 1 is 1.26 bits per heavy atom. The van der Waals surface area contributed by atoms with Crippen molar-refractivity contribution in [3.63, 3.8) is 0 Å². The zero-order chi connectivity index (χ0) is 22.3. The summed E-state index contributed by atoms with van der Waals surface area (Å²) in [6.45, 7) is 5.37. The summed E-state index contributed by atoms with van der Waals surface area (Å²) in [5, 5.41) is 5.43. The van der Waals surface area contributed by atoms with Crippen LogP contribution in [-0.4, -0.2) is 39.9 Å². The highest BCUT2D eigenvalue weighted by atomic mass is 35.5. The van der Waals surface area contributed by atoms with Crippen LogP contribution in [-0.2, 0) is 19.0 Å². The van der Waals surface area contributed by atoms with Gasteiger partial charge in [-0.3, -0.25) is 4.79 Å². The molecule has 0 amide bonds. The van der Waals surface area contributed by atoms with Crippen molar-refractivity contribution in [3.8, 4) is 0 Å². The molecule has 1 fully saturated rings. The van der Waals surface area contributed by atoms with Crippen molar-refractivity contribution >= 4 is 46.2 Å². The van der Waals surface area contributed by atoms with Gasteiger partial charge in [0, 0.05) is 12.5 Å². The summed E-state index contributed by atoms with van der Waals surface area (Å²) in [5.41, 5.74) is 1.63. The lowest BCUT2D eigenvalue weighted by Crippen LogP contribution is -2.26. The van der Waals surface area contributed by atoms with E-state index in [9.17, 15) is 9.59 Å². The molecule has 0 aliphatic carbocycles. The number of esters is 2. The van der Waals surface area contributed by atoms with Crippen molar-refractivity contribution in [3.05, 3.63) is 70.0 Å². The van der Waals surface area contributed by atoms with E-state index in [0.29, 0.717) is 32.8 Å². The third-order valence-electron chi connectivity index (χ3n) is 4.90. The van der Waals surface area contributed by atoms with Gasteiger partial charge in [0.2, 0.25) is 0 Å². The van der Waals surface area contributed by atoms with Crippen molar-refractivity contribution in [2.45, 2.75) is 25.4 Å². The van der Waals surface area contributed by atoms with Crippen LogP contribution in [0.1, 0.15) is 35.2 Å². The monoisotopic (exact) mass is 461 g/mol. The number of carbonyl (C=O) groups excluding carboxylic acids is 2. The Labute approximate surface area is 187 Å². The summed E-state index contributed by atoms with van der Waals surface area (Å²) in [4.78, 5) is 28.4. The molecule has 160 valence electrons. The Morgan fingerprint density at radius 2 is 2.00 bits per heavy atom. The average Bonchev–Trinajstić information content (AvgIpc) is 3.29. The van der Waals surface area contributed by atoms with Gasteiger partial charge in [0.15, 0.2) is 18.0 Å². The van der Waals surface area contributed by atoms with Crippen LogP contribution in [0.2, 0.25) is 10.2 Å². The highest BCUT2D eigenvalue weighted by Crippen LogP contribution is 2.45. The molecule has 0 bridgehead atoms. The summed E-state index contributed by atoms with van der Waals surface area (Å²) in [6, 6.07) is 8.32. The van der Waals surface area contributed by atoms with E-state index < -0.39 is 30.4 Å². The largest absolute Gasteiger partial charge is 0.465 e. The highest BCUT2D eigenvalue weighted by Gasteiger charge is 2.45. The van der Waals surface area contributed by atoms with Crippen molar-refractivity contribution < 1.29 is 23.8 Å². The highest BCUT2D eigenvalue weighted by molar-refractivity contribution is 6.37. The van der Waals surface area contributed by atoms with Gasteiger partial charge in [-0.2, -0.15) is 5.10 Å².